The number of nitrogens with zero attached hydrogens (tertiary/aromatic N) is 3. The van der Waals surface area contributed by atoms with Crippen molar-refractivity contribution in [1.82, 2.24) is 9.88 Å². The molecule has 0 amide bonds. The predicted octanol–water partition coefficient (Wildman–Crippen LogP) is 3.75. The minimum atomic E-state index is -0.379. The van der Waals surface area contributed by atoms with Gasteiger partial charge >= 0.3 is 0 Å². The molecule has 6 heteroatoms. The first-order valence-corrected chi connectivity index (χ1v) is 9.22. The molecular formula is C18H28N4O2. The largest absolute Gasteiger partial charge is 0.367 e. The van der Waals surface area contributed by atoms with E-state index in [0.717, 1.165) is 37.7 Å². The van der Waals surface area contributed by atoms with Gasteiger partial charge in [-0.15, -0.1) is 0 Å². The second-order valence-corrected chi connectivity index (χ2v) is 7.34. The van der Waals surface area contributed by atoms with Crippen molar-refractivity contribution in [2.24, 2.45) is 5.92 Å². The van der Waals surface area contributed by atoms with E-state index in [0.29, 0.717) is 11.6 Å². The molecule has 0 bridgehead atoms. The van der Waals surface area contributed by atoms with Gasteiger partial charge in [-0.3, -0.25) is 10.1 Å². The highest BCUT2D eigenvalue weighted by atomic mass is 16.6. The van der Waals surface area contributed by atoms with Gasteiger partial charge < -0.3 is 10.2 Å². The van der Waals surface area contributed by atoms with E-state index < -0.39 is 0 Å². The SMILES string of the molecule is Cc1cc(NC2CCN(CC3CCCCC3)CC2)ncc1[N+](=O)[O-]. The summed E-state index contributed by atoms with van der Waals surface area (Å²) in [6.07, 6.45) is 10.6. The van der Waals surface area contributed by atoms with Crippen LogP contribution < -0.4 is 5.32 Å². The van der Waals surface area contributed by atoms with Crippen LogP contribution in [0.25, 0.3) is 0 Å². The first kappa shape index (κ1) is 17.1. The van der Waals surface area contributed by atoms with Gasteiger partial charge in [0, 0.05) is 31.2 Å². The maximum Gasteiger partial charge on any atom is 0.290 e. The van der Waals surface area contributed by atoms with E-state index >= 15 is 0 Å². The minimum absolute atomic E-state index is 0.0860. The second-order valence-electron chi connectivity index (χ2n) is 7.34. The Kier molecular flexibility index (Phi) is 5.66. The number of aryl methyl sites for hydroxylation is 1. The molecule has 2 heterocycles. The number of nitro groups is 1. The molecule has 0 unspecified atom stereocenters. The fourth-order valence-electron chi connectivity index (χ4n) is 4.02. The highest BCUT2D eigenvalue weighted by Gasteiger charge is 2.23. The number of hydrogen-bond donors (Lipinski definition) is 1. The molecule has 1 N–H and O–H groups in total. The number of hydrogen-bond acceptors (Lipinski definition) is 5. The molecule has 6 nitrogen and oxygen atoms in total. The van der Waals surface area contributed by atoms with E-state index in [2.05, 4.69) is 15.2 Å². The maximum atomic E-state index is 10.9. The van der Waals surface area contributed by atoms with Crippen LogP contribution in [0.2, 0.25) is 0 Å². The zero-order chi connectivity index (χ0) is 16.9. The van der Waals surface area contributed by atoms with Crippen molar-refractivity contribution < 1.29 is 4.92 Å². The normalized spacial score (nSPS) is 20.9. The number of piperidine rings is 1. The van der Waals surface area contributed by atoms with Crippen molar-refractivity contribution in [3.63, 3.8) is 0 Å². The molecule has 1 aliphatic heterocycles. The third-order valence-corrected chi connectivity index (χ3v) is 5.46. The smallest absolute Gasteiger partial charge is 0.290 e. The summed E-state index contributed by atoms with van der Waals surface area (Å²) < 4.78 is 0. The molecule has 2 aliphatic rings. The summed E-state index contributed by atoms with van der Waals surface area (Å²) in [6, 6.07) is 2.20. The average Bonchev–Trinajstić information content (AvgIpc) is 2.57. The lowest BCUT2D eigenvalue weighted by Crippen LogP contribution is -2.41. The minimum Gasteiger partial charge on any atom is -0.367 e. The van der Waals surface area contributed by atoms with Crippen LogP contribution >= 0.6 is 0 Å². The van der Waals surface area contributed by atoms with E-state index in [1.54, 1.807) is 13.0 Å². The quantitative estimate of drug-likeness (QED) is 0.657. The van der Waals surface area contributed by atoms with Crippen molar-refractivity contribution in [3.8, 4) is 0 Å². The van der Waals surface area contributed by atoms with Crippen LogP contribution in [0.4, 0.5) is 11.5 Å². The topological polar surface area (TPSA) is 71.3 Å². The highest BCUT2D eigenvalue weighted by molar-refractivity contribution is 5.47. The first-order valence-electron chi connectivity index (χ1n) is 9.22. The molecule has 1 aromatic heterocycles. The van der Waals surface area contributed by atoms with Crippen LogP contribution in [0.5, 0.6) is 0 Å². The third kappa shape index (κ3) is 4.44. The highest BCUT2D eigenvalue weighted by Crippen LogP contribution is 2.26. The van der Waals surface area contributed by atoms with E-state index in [9.17, 15) is 10.1 Å². The number of aromatic nitrogens is 1. The van der Waals surface area contributed by atoms with Gasteiger partial charge in [-0.2, -0.15) is 0 Å². The number of pyridine rings is 1. The molecule has 1 aromatic rings. The van der Waals surface area contributed by atoms with E-state index in [1.165, 1.54) is 44.8 Å². The summed E-state index contributed by atoms with van der Waals surface area (Å²) in [5, 5.41) is 14.3. The molecule has 2 fully saturated rings. The molecule has 0 aromatic carbocycles. The Hall–Kier alpha value is -1.69. The molecule has 24 heavy (non-hydrogen) atoms. The number of rotatable bonds is 5. The predicted molar refractivity (Wildman–Crippen MR) is 95.3 cm³/mol. The van der Waals surface area contributed by atoms with Gasteiger partial charge in [0.25, 0.3) is 5.69 Å². The van der Waals surface area contributed by atoms with Gasteiger partial charge in [-0.25, -0.2) is 4.98 Å². The Balaban J connectivity index is 1.46. The van der Waals surface area contributed by atoms with Crippen LogP contribution in [0.1, 0.15) is 50.5 Å². The van der Waals surface area contributed by atoms with Crippen molar-refractivity contribution in [3.05, 3.63) is 27.9 Å². The van der Waals surface area contributed by atoms with Crippen molar-refractivity contribution in [2.75, 3.05) is 25.0 Å². The van der Waals surface area contributed by atoms with Crippen molar-refractivity contribution in [2.45, 2.75) is 57.9 Å². The zero-order valence-corrected chi connectivity index (χ0v) is 14.5. The number of anilines is 1. The Bertz CT molecular complexity index is 564. The molecule has 0 spiro atoms. The summed E-state index contributed by atoms with van der Waals surface area (Å²) in [4.78, 5) is 17.3. The third-order valence-electron chi connectivity index (χ3n) is 5.46. The molecule has 0 atom stereocenters. The lowest BCUT2D eigenvalue weighted by molar-refractivity contribution is -0.385. The zero-order valence-electron chi connectivity index (χ0n) is 14.5. The van der Waals surface area contributed by atoms with Crippen LogP contribution in [0.15, 0.2) is 12.3 Å². The maximum absolute atomic E-state index is 10.9. The van der Waals surface area contributed by atoms with E-state index in [4.69, 9.17) is 0 Å². The van der Waals surface area contributed by atoms with Crippen LogP contribution in [-0.2, 0) is 0 Å². The molecule has 1 saturated heterocycles. The molecular weight excluding hydrogens is 304 g/mol. The molecule has 3 rings (SSSR count). The molecule has 1 saturated carbocycles. The van der Waals surface area contributed by atoms with Crippen LogP contribution in [-0.4, -0.2) is 40.5 Å². The monoisotopic (exact) mass is 332 g/mol. The molecule has 132 valence electrons. The molecule has 0 radical (unpaired) electrons. The second kappa shape index (κ2) is 7.92. The lowest BCUT2D eigenvalue weighted by Gasteiger charge is -2.35. The Morgan fingerprint density at radius 2 is 1.96 bits per heavy atom. The number of likely N-dealkylation sites (tertiary alicyclic amines) is 1. The van der Waals surface area contributed by atoms with Gasteiger partial charge in [0.1, 0.15) is 12.0 Å². The van der Waals surface area contributed by atoms with Gasteiger partial charge in [0.2, 0.25) is 0 Å². The Morgan fingerprint density at radius 1 is 1.25 bits per heavy atom. The molecule has 1 aliphatic carbocycles. The van der Waals surface area contributed by atoms with Gasteiger partial charge in [0.05, 0.1) is 4.92 Å². The summed E-state index contributed by atoms with van der Waals surface area (Å²) >= 11 is 0. The first-order chi connectivity index (χ1) is 11.6. The van der Waals surface area contributed by atoms with Gasteiger partial charge in [0.15, 0.2) is 0 Å². The Labute approximate surface area is 143 Å². The fourth-order valence-corrected chi connectivity index (χ4v) is 4.02. The van der Waals surface area contributed by atoms with Gasteiger partial charge in [-0.1, -0.05) is 19.3 Å². The van der Waals surface area contributed by atoms with Gasteiger partial charge in [-0.05, 0) is 44.6 Å². The fraction of sp³-hybridized carbons (Fsp3) is 0.722. The van der Waals surface area contributed by atoms with Crippen LogP contribution in [0.3, 0.4) is 0 Å². The summed E-state index contributed by atoms with van der Waals surface area (Å²) in [6.45, 7) is 5.31. The van der Waals surface area contributed by atoms with Crippen molar-refractivity contribution in [1.29, 1.82) is 0 Å². The van der Waals surface area contributed by atoms with Crippen LogP contribution in [0, 0.1) is 23.0 Å². The van der Waals surface area contributed by atoms with E-state index in [-0.39, 0.29) is 10.6 Å². The lowest BCUT2D eigenvalue weighted by atomic mass is 9.88. The summed E-state index contributed by atoms with van der Waals surface area (Å²) in [7, 11) is 0. The summed E-state index contributed by atoms with van der Waals surface area (Å²) in [5.41, 5.74) is 0.745. The average molecular weight is 332 g/mol. The van der Waals surface area contributed by atoms with E-state index in [1.807, 2.05) is 0 Å². The summed E-state index contributed by atoms with van der Waals surface area (Å²) in [5.74, 6) is 1.66. The van der Waals surface area contributed by atoms with Crippen molar-refractivity contribution >= 4 is 11.5 Å². The Morgan fingerprint density at radius 3 is 2.58 bits per heavy atom. The standard InChI is InChI=1S/C18H28N4O2/c1-14-11-18(19-12-17(14)22(23)24)20-16-7-9-21(10-8-16)13-15-5-3-2-4-6-15/h11-12,15-16H,2-10,13H2,1H3,(H,19,20). The number of nitrogens with one attached hydrogen (secondary N) is 1.